The third-order valence-electron chi connectivity index (χ3n) is 2.96. The fourth-order valence-corrected chi connectivity index (χ4v) is 1.23. The lowest BCUT2D eigenvalue weighted by Gasteiger charge is -2.33. The van der Waals surface area contributed by atoms with Gasteiger partial charge >= 0.3 is 0 Å². The molecule has 3 N–H and O–H groups in total. The number of hydrogen-bond acceptors (Lipinski definition) is 4. The number of aromatic nitrogens is 1. The minimum absolute atomic E-state index is 0. The molecule has 1 aromatic heterocycles. The van der Waals surface area contributed by atoms with Crippen LogP contribution in [0.5, 0.6) is 0 Å². The lowest BCUT2D eigenvalue weighted by atomic mass is 9.88. The van der Waals surface area contributed by atoms with E-state index in [4.69, 9.17) is 10.3 Å². The number of carbonyl (C=O) groups is 1. The van der Waals surface area contributed by atoms with Crippen LogP contribution in [0.1, 0.15) is 37.0 Å². The minimum Gasteiger partial charge on any atom is -0.361 e. The molecule has 0 bridgehead atoms. The Labute approximate surface area is 108 Å². The molecular formula is C11H20ClN3O2. The average molecular weight is 262 g/mol. The Balaban J connectivity index is 0.00000256. The number of nitrogens with two attached hydrogens (primary N) is 1. The Kier molecular flexibility index (Phi) is 5.64. The fourth-order valence-electron chi connectivity index (χ4n) is 1.23. The van der Waals surface area contributed by atoms with Crippen molar-refractivity contribution in [3.63, 3.8) is 0 Å². The molecule has 1 atom stereocenters. The summed E-state index contributed by atoms with van der Waals surface area (Å²) in [5.74, 6) is 0.608. The predicted octanol–water partition coefficient (Wildman–Crippen LogP) is 1.51. The van der Waals surface area contributed by atoms with Gasteiger partial charge in [-0.3, -0.25) is 4.79 Å². The van der Waals surface area contributed by atoms with E-state index in [0.29, 0.717) is 12.3 Å². The first-order valence-corrected chi connectivity index (χ1v) is 5.35. The molecule has 0 fully saturated rings. The molecule has 6 heteroatoms. The van der Waals surface area contributed by atoms with Gasteiger partial charge in [-0.15, -0.1) is 12.4 Å². The van der Waals surface area contributed by atoms with Crippen molar-refractivity contribution in [1.82, 2.24) is 10.5 Å². The summed E-state index contributed by atoms with van der Waals surface area (Å²) in [5.41, 5.74) is 5.54. The second-order valence-electron chi connectivity index (χ2n) is 4.55. The summed E-state index contributed by atoms with van der Waals surface area (Å²) in [6.07, 6.45) is 0. The van der Waals surface area contributed by atoms with Gasteiger partial charge in [-0.25, -0.2) is 0 Å². The van der Waals surface area contributed by atoms with Gasteiger partial charge in [0.1, 0.15) is 5.76 Å². The normalized spacial score (nSPS) is 14.0. The monoisotopic (exact) mass is 261 g/mol. The van der Waals surface area contributed by atoms with Crippen molar-refractivity contribution in [3.05, 3.63) is 17.5 Å². The van der Waals surface area contributed by atoms with E-state index in [9.17, 15) is 4.79 Å². The summed E-state index contributed by atoms with van der Waals surface area (Å²) < 4.78 is 4.85. The third-order valence-corrected chi connectivity index (χ3v) is 2.96. The van der Waals surface area contributed by atoms with Crippen LogP contribution in [0.4, 0.5) is 0 Å². The zero-order valence-corrected chi connectivity index (χ0v) is 11.4. The number of nitrogens with zero attached hydrogens (tertiary/aromatic N) is 1. The van der Waals surface area contributed by atoms with E-state index in [2.05, 4.69) is 10.5 Å². The Morgan fingerprint density at radius 2 is 2.24 bits per heavy atom. The van der Waals surface area contributed by atoms with Gasteiger partial charge in [0.05, 0.1) is 5.54 Å². The van der Waals surface area contributed by atoms with Crippen molar-refractivity contribution in [2.75, 3.05) is 6.54 Å². The standard InChI is InChI=1S/C11H19N3O2.ClH/c1-7(2)11(4,6-12)13-10(15)9-5-8(3)16-14-9;/h5,7H,6,12H2,1-4H3,(H,13,15);1H. The first kappa shape index (κ1) is 15.9. The summed E-state index contributed by atoms with van der Waals surface area (Å²) >= 11 is 0. The van der Waals surface area contributed by atoms with Gasteiger partial charge in [0.15, 0.2) is 5.69 Å². The zero-order valence-electron chi connectivity index (χ0n) is 10.6. The third kappa shape index (κ3) is 3.71. The smallest absolute Gasteiger partial charge is 0.273 e. The number of amides is 1. The molecule has 0 saturated heterocycles. The number of nitrogens with one attached hydrogen (secondary N) is 1. The molecule has 98 valence electrons. The van der Waals surface area contributed by atoms with Crippen molar-refractivity contribution in [2.24, 2.45) is 11.7 Å². The van der Waals surface area contributed by atoms with Crippen LogP contribution in [0, 0.1) is 12.8 Å². The van der Waals surface area contributed by atoms with Crippen LogP contribution in [0.2, 0.25) is 0 Å². The summed E-state index contributed by atoms with van der Waals surface area (Å²) in [4.78, 5) is 11.8. The Bertz CT molecular complexity index is 379. The van der Waals surface area contributed by atoms with Crippen molar-refractivity contribution >= 4 is 18.3 Å². The zero-order chi connectivity index (χ0) is 12.3. The van der Waals surface area contributed by atoms with Gasteiger partial charge in [-0.05, 0) is 19.8 Å². The number of rotatable bonds is 4. The molecular weight excluding hydrogens is 242 g/mol. The molecule has 1 rings (SSSR count). The number of halogens is 1. The van der Waals surface area contributed by atoms with Gasteiger partial charge in [-0.1, -0.05) is 19.0 Å². The highest BCUT2D eigenvalue weighted by atomic mass is 35.5. The van der Waals surface area contributed by atoms with Crippen LogP contribution in [-0.4, -0.2) is 23.1 Å². The van der Waals surface area contributed by atoms with Crippen molar-refractivity contribution in [1.29, 1.82) is 0 Å². The molecule has 0 radical (unpaired) electrons. The molecule has 0 spiro atoms. The molecule has 0 aliphatic heterocycles. The SMILES string of the molecule is Cc1cc(C(=O)NC(C)(CN)C(C)C)no1.Cl. The number of carbonyl (C=O) groups excluding carboxylic acids is 1. The van der Waals surface area contributed by atoms with Crippen LogP contribution in [0.25, 0.3) is 0 Å². The maximum atomic E-state index is 11.8. The summed E-state index contributed by atoms with van der Waals surface area (Å²) in [5, 5.41) is 6.55. The second kappa shape index (κ2) is 6.02. The summed E-state index contributed by atoms with van der Waals surface area (Å²) in [6, 6.07) is 1.60. The van der Waals surface area contributed by atoms with Gasteiger partial charge in [0, 0.05) is 12.6 Å². The molecule has 1 amide bonds. The van der Waals surface area contributed by atoms with E-state index in [0.717, 1.165) is 0 Å². The predicted molar refractivity (Wildman–Crippen MR) is 68.3 cm³/mol. The maximum absolute atomic E-state index is 11.8. The molecule has 0 aliphatic rings. The fraction of sp³-hybridized carbons (Fsp3) is 0.636. The summed E-state index contributed by atoms with van der Waals surface area (Å²) in [7, 11) is 0. The topological polar surface area (TPSA) is 81.2 Å². The summed E-state index contributed by atoms with van der Waals surface area (Å²) in [6.45, 7) is 8.08. The Morgan fingerprint density at radius 1 is 1.65 bits per heavy atom. The van der Waals surface area contributed by atoms with E-state index < -0.39 is 5.54 Å². The molecule has 0 saturated carbocycles. The quantitative estimate of drug-likeness (QED) is 0.861. The molecule has 17 heavy (non-hydrogen) atoms. The van der Waals surface area contributed by atoms with Gasteiger partial charge < -0.3 is 15.6 Å². The van der Waals surface area contributed by atoms with E-state index in [1.165, 1.54) is 0 Å². The van der Waals surface area contributed by atoms with Crippen molar-refractivity contribution in [3.8, 4) is 0 Å². The first-order valence-electron chi connectivity index (χ1n) is 5.35. The van der Waals surface area contributed by atoms with Crippen LogP contribution < -0.4 is 11.1 Å². The van der Waals surface area contributed by atoms with E-state index in [-0.39, 0.29) is 29.9 Å². The van der Waals surface area contributed by atoms with Gasteiger partial charge in [-0.2, -0.15) is 0 Å². The lowest BCUT2D eigenvalue weighted by molar-refractivity contribution is 0.0874. The van der Waals surface area contributed by atoms with Crippen LogP contribution in [-0.2, 0) is 0 Å². The lowest BCUT2D eigenvalue weighted by Crippen LogP contribution is -2.55. The molecule has 5 nitrogen and oxygen atoms in total. The van der Waals surface area contributed by atoms with Crippen LogP contribution >= 0.6 is 12.4 Å². The van der Waals surface area contributed by atoms with E-state index in [1.54, 1.807) is 13.0 Å². The highest BCUT2D eigenvalue weighted by molar-refractivity contribution is 5.92. The van der Waals surface area contributed by atoms with Crippen LogP contribution in [0.15, 0.2) is 10.6 Å². The molecule has 1 heterocycles. The molecule has 0 aromatic carbocycles. The minimum atomic E-state index is -0.427. The maximum Gasteiger partial charge on any atom is 0.273 e. The second-order valence-corrected chi connectivity index (χ2v) is 4.55. The number of hydrogen-bond donors (Lipinski definition) is 2. The van der Waals surface area contributed by atoms with Crippen molar-refractivity contribution < 1.29 is 9.32 Å². The Morgan fingerprint density at radius 3 is 2.59 bits per heavy atom. The van der Waals surface area contributed by atoms with E-state index >= 15 is 0 Å². The van der Waals surface area contributed by atoms with Gasteiger partial charge in [0.25, 0.3) is 5.91 Å². The largest absolute Gasteiger partial charge is 0.361 e. The highest BCUT2D eigenvalue weighted by Crippen LogP contribution is 2.15. The Hall–Kier alpha value is -1.07. The number of aryl methyl sites for hydroxylation is 1. The van der Waals surface area contributed by atoms with Gasteiger partial charge in [0.2, 0.25) is 0 Å². The molecule has 1 unspecified atom stereocenters. The molecule has 0 aliphatic carbocycles. The van der Waals surface area contributed by atoms with Crippen LogP contribution in [0.3, 0.4) is 0 Å². The highest BCUT2D eigenvalue weighted by Gasteiger charge is 2.29. The van der Waals surface area contributed by atoms with E-state index in [1.807, 2.05) is 20.8 Å². The average Bonchev–Trinajstić information content (AvgIpc) is 2.64. The van der Waals surface area contributed by atoms with Crippen molar-refractivity contribution in [2.45, 2.75) is 33.2 Å². The molecule has 1 aromatic rings. The first-order chi connectivity index (χ1) is 7.39.